The molecular weight excluding hydrogens is 229 g/mol. The van der Waals surface area contributed by atoms with E-state index in [1.165, 1.54) is 12.1 Å². The van der Waals surface area contributed by atoms with E-state index < -0.39 is 0 Å². The lowest BCUT2D eigenvalue weighted by atomic mass is 9.91. The van der Waals surface area contributed by atoms with Gasteiger partial charge in [-0.15, -0.1) is 0 Å². The Balaban J connectivity index is 2.75. The predicted octanol–water partition coefficient (Wildman–Crippen LogP) is 4.33. The van der Waals surface area contributed by atoms with Crippen LogP contribution in [0.25, 0.3) is 0 Å². The molecule has 18 heavy (non-hydrogen) atoms. The fourth-order valence-corrected chi connectivity index (χ4v) is 1.39. The highest BCUT2D eigenvalue weighted by atomic mass is 19.1. The van der Waals surface area contributed by atoms with Crippen molar-refractivity contribution in [1.29, 1.82) is 0 Å². The summed E-state index contributed by atoms with van der Waals surface area (Å²) in [4.78, 5) is 4.36. The molecule has 0 saturated carbocycles. The molecule has 0 N–H and O–H groups in total. The quantitative estimate of drug-likeness (QED) is 0.799. The van der Waals surface area contributed by atoms with Gasteiger partial charge < -0.3 is 4.74 Å². The Kier molecular flexibility index (Phi) is 4.36. The zero-order valence-electron chi connectivity index (χ0n) is 12.3. The summed E-state index contributed by atoms with van der Waals surface area (Å²) in [6.45, 7) is 13.0. The molecule has 1 rings (SSSR count). The van der Waals surface area contributed by atoms with Gasteiger partial charge in [0.25, 0.3) is 0 Å². The van der Waals surface area contributed by atoms with Gasteiger partial charge in [0.2, 0.25) is 5.88 Å². The first kappa shape index (κ1) is 14.9. The number of ether oxygens (including phenoxy) is 1. The van der Waals surface area contributed by atoms with Crippen LogP contribution < -0.4 is 4.74 Å². The van der Waals surface area contributed by atoms with Crippen LogP contribution in [0.15, 0.2) is 12.1 Å². The van der Waals surface area contributed by atoms with E-state index in [2.05, 4.69) is 25.8 Å². The van der Waals surface area contributed by atoms with Crippen molar-refractivity contribution in [2.45, 2.75) is 53.4 Å². The number of aromatic nitrogens is 1. The van der Waals surface area contributed by atoms with Crippen molar-refractivity contribution >= 4 is 0 Å². The van der Waals surface area contributed by atoms with Crippen LogP contribution in [0.3, 0.4) is 0 Å². The molecule has 0 bridgehead atoms. The van der Waals surface area contributed by atoms with Gasteiger partial charge in [0.1, 0.15) is 5.82 Å². The van der Waals surface area contributed by atoms with Crippen LogP contribution in [0.4, 0.5) is 4.39 Å². The fourth-order valence-electron chi connectivity index (χ4n) is 1.39. The maximum Gasteiger partial charge on any atom is 0.216 e. The first-order chi connectivity index (χ1) is 8.08. The van der Waals surface area contributed by atoms with Crippen molar-refractivity contribution in [2.24, 2.45) is 5.41 Å². The molecule has 0 spiro atoms. The molecule has 1 aromatic heterocycles. The van der Waals surface area contributed by atoms with Gasteiger partial charge in [-0.05, 0) is 17.9 Å². The summed E-state index contributed by atoms with van der Waals surface area (Å²) >= 11 is 0. The third-order valence-corrected chi connectivity index (χ3v) is 2.64. The smallest absolute Gasteiger partial charge is 0.216 e. The minimum atomic E-state index is -0.291. The summed E-state index contributed by atoms with van der Waals surface area (Å²) in [6, 6.07) is 2.81. The molecule has 0 aliphatic heterocycles. The van der Waals surface area contributed by atoms with Gasteiger partial charge >= 0.3 is 0 Å². The number of pyridine rings is 1. The fraction of sp³-hybridized carbons (Fsp3) is 0.667. The standard InChI is InChI=1S/C15H24FNO/c1-14(2,3)7-8-18-13-10-11(16)9-12(17-13)15(4,5)6/h9-10H,7-8H2,1-6H3. The monoisotopic (exact) mass is 253 g/mol. The molecule has 2 nitrogen and oxygen atoms in total. The summed E-state index contributed by atoms with van der Waals surface area (Å²) in [7, 11) is 0. The Hall–Kier alpha value is -1.12. The maximum atomic E-state index is 13.5. The van der Waals surface area contributed by atoms with Gasteiger partial charge in [0.15, 0.2) is 0 Å². The number of nitrogens with zero attached hydrogens (tertiary/aromatic N) is 1. The summed E-state index contributed by atoms with van der Waals surface area (Å²) in [5.74, 6) is 0.0878. The molecule has 102 valence electrons. The first-order valence-electron chi connectivity index (χ1n) is 6.39. The lowest BCUT2D eigenvalue weighted by Crippen LogP contribution is -2.16. The van der Waals surface area contributed by atoms with Crippen molar-refractivity contribution in [3.05, 3.63) is 23.6 Å². The minimum Gasteiger partial charge on any atom is -0.478 e. The van der Waals surface area contributed by atoms with Gasteiger partial charge in [-0.3, -0.25) is 0 Å². The van der Waals surface area contributed by atoms with Crippen molar-refractivity contribution in [1.82, 2.24) is 4.98 Å². The third-order valence-electron chi connectivity index (χ3n) is 2.64. The number of hydrogen-bond acceptors (Lipinski definition) is 2. The van der Waals surface area contributed by atoms with Gasteiger partial charge in [0, 0.05) is 11.5 Å². The van der Waals surface area contributed by atoms with Gasteiger partial charge in [0.05, 0.1) is 12.3 Å². The van der Waals surface area contributed by atoms with Crippen LogP contribution in [0, 0.1) is 11.2 Å². The van der Waals surface area contributed by atoms with Crippen LogP contribution in [0.2, 0.25) is 0 Å². The third kappa shape index (κ3) is 5.03. The molecule has 0 aromatic carbocycles. The van der Waals surface area contributed by atoms with Crippen molar-refractivity contribution in [3.63, 3.8) is 0 Å². The van der Waals surface area contributed by atoms with E-state index in [0.717, 1.165) is 6.42 Å². The molecule has 0 fully saturated rings. The summed E-state index contributed by atoms with van der Waals surface area (Å²) in [5.41, 5.74) is 0.748. The molecule has 0 aliphatic rings. The van der Waals surface area contributed by atoms with E-state index in [1.807, 2.05) is 20.8 Å². The highest BCUT2D eigenvalue weighted by Gasteiger charge is 2.18. The average Bonchev–Trinajstić information content (AvgIpc) is 2.13. The molecule has 0 saturated heterocycles. The van der Waals surface area contributed by atoms with Crippen molar-refractivity contribution in [2.75, 3.05) is 6.61 Å². The van der Waals surface area contributed by atoms with Gasteiger partial charge in [-0.1, -0.05) is 41.5 Å². The molecule has 0 atom stereocenters. The van der Waals surface area contributed by atoms with E-state index in [4.69, 9.17) is 4.74 Å². The van der Waals surface area contributed by atoms with Gasteiger partial charge in [-0.25, -0.2) is 9.37 Å². The molecule has 1 aromatic rings. The second-order valence-corrected chi connectivity index (χ2v) is 6.92. The van der Waals surface area contributed by atoms with Crippen LogP contribution in [0.1, 0.15) is 53.7 Å². The summed E-state index contributed by atoms with van der Waals surface area (Å²) < 4.78 is 19.0. The van der Waals surface area contributed by atoms with E-state index >= 15 is 0 Å². The van der Waals surface area contributed by atoms with E-state index in [0.29, 0.717) is 18.2 Å². The van der Waals surface area contributed by atoms with Gasteiger partial charge in [-0.2, -0.15) is 0 Å². The summed E-state index contributed by atoms with van der Waals surface area (Å²) in [6.07, 6.45) is 0.913. The van der Waals surface area contributed by atoms with E-state index in [-0.39, 0.29) is 16.6 Å². The molecule has 0 amide bonds. The molecular formula is C15H24FNO. The number of hydrogen-bond donors (Lipinski definition) is 0. The molecule has 0 unspecified atom stereocenters. The largest absolute Gasteiger partial charge is 0.478 e. The Morgan fingerprint density at radius 3 is 2.22 bits per heavy atom. The lowest BCUT2D eigenvalue weighted by Gasteiger charge is -2.20. The molecule has 0 aliphatic carbocycles. The highest BCUT2D eigenvalue weighted by Crippen LogP contribution is 2.24. The van der Waals surface area contributed by atoms with Crippen LogP contribution in [-0.2, 0) is 5.41 Å². The number of rotatable bonds is 3. The second kappa shape index (κ2) is 5.25. The minimum absolute atomic E-state index is 0.176. The number of halogens is 1. The maximum absolute atomic E-state index is 13.5. The zero-order valence-corrected chi connectivity index (χ0v) is 12.3. The van der Waals surface area contributed by atoms with E-state index in [1.54, 1.807) is 0 Å². The topological polar surface area (TPSA) is 22.1 Å². The summed E-state index contributed by atoms with van der Waals surface area (Å²) in [5, 5.41) is 0. The molecule has 0 radical (unpaired) electrons. The molecule has 3 heteroatoms. The molecule has 1 heterocycles. The Labute approximate surface area is 110 Å². The highest BCUT2D eigenvalue weighted by molar-refractivity contribution is 5.22. The Bertz CT molecular complexity index is 402. The average molecular weight is 253 g/mol. The Morgan fingerprint density at radius 1 is 1.11 bits per heavy atom. The van der Waals surface area contributed by atoms with Crippen molar-refractivity contribution in [3.8, 4) is 5.88 Å². The predicted molar refractivity (Wildman–Crippen MR) is 72.5 cm³/mol. The van der Waals surface area contributed by atoms with Crippen LogP contribution >= 0.6 is 0 Å². The first-order valence-corrected chi connectivity index (χ1v) is 6.39. The second-order valence-electron chi connectivity index (χ2n) is 6.92. The lowest BCUT2D eigenvalue weighted by molar-refractivity contribution is 0.234. The normalized spacial score (nSPS) is 12.6. The SMILES string of the molecule is CC(C)(C)CCOc1cc(F)cc(C(C)(C)C)n1. The van der Waals surface area contributed by atoms with Crippen LogP contribution in [-0.4, -0.2) is 11.6 Å². The van der Waals surface area contributed by atoms with Crippen LogP contribution in [0.5, 0.6) is 5.88 Å². The van der Waals surface area contributed by atoms with E-state index in [9.17, 15) is 4.39 Å². The zero-order chi connectivity index (χ0) is 14.0. The van der Waals surface area contributed by atoms with Crippen molar-refractivity contribution < 1.29 is 9.13 Å². The Morgan fingerprint density at radius 2 is 1.72 bits per heavy atom.